The maximum atomic E-state index is 14.8. The lowest BCUT2D eigenvalue weighted by Gasteiger charge is -2.30. The van der Waals surface area contributed by atoms with E-state index in [1.807, 2.05) is 20.8 Å². The van der Waals surface area contributed by atoms with Gasteiger partial charge in [0.1, 0.15) is 12.2 Å². The number of aliphatic hydroxyl groups is 2. The van der Waals surface area contributed by atoms with E-state index in [-0.39, 0.29) is 11.2 Å². The summed E-state index contributed by atoms with van der Waals surface area (Å²) in [6.45, 7) is 10.0. The summed E-state index contributed by atoms with van der Waals surface area (Å²) in [7, 11) is 0. The Morgan fingerprint density at radius 2 is 2.03 bits per heavy atom. The van der Waals surface area contributed by atoms with Crippen molar-refractivity contribution in [1.29, 1.82) is 0 Å². The van der Waals surface area contributed by atoms with Crippen molar-refractivity contribution in [2.24, 2.45) is 10.8 Å². The largest absolute Gasteiger partial charge is 0.394 e. The molecule has 4 atom stereocenters. The number of nitrogens with zero attached hydrogens (tertiary/aromatic N) is 2. The van der Waals surface area contributed by atoms with Crippen LogP contribution in [0, 0.1) is 10.8 Å². The molecule has 1 aromatic heterocycles. The van der Waals surface area contributed by atoms with Crippen molar-refractivity contribution in [2.75, 3.05) is 12.1 Å². The van der Waals surface area contributed by atoms with E-state index in [0.29, 0.717) is 6.42 Å². The van der Waals surface area contributed by atoms with Crippen LogP contribution in [-0.2, 0) is 14.4 Å². The molecule has 2 rings (SSSR count). The second-order valence-electron chi connectivity index (χ2n) is 9.42. The molecule has 0 radical (unpaired) electrons. The standard InChI is InChI=1S/C19H30FN3O6/c1-17(2,3)10-18(4,5)15(26)29-22-12-7-8-23(16(27)21-12)14-19(6,20)13(25)11(9-24)28-14/h7-8,11,13-14,24-25H,9-10H2,1-6H3,(H,21,22,27)/t11-,13?,14-,19?/m1/s1. The molecule has 3 N–H and O–H groups in total. The second kappa shape index (κ2) is 8.00. The van der Waals surface area contributed by atoms with Crippen LogP contribution in [0.15, 0.2) is 17.1 Å². The summed E-state index contributed by atoms with van der Waals surface area (Å²) in [5.41, 5.74) is -1.68. The molecule has 0 aliphatic carbocycles. The highest BCUT2D eigenvalue weighted by atomic mass is 19.1. The normalized spacial score (nSPS) is 27.7. The van der Waals surface area contributed by atoms with E-state index in [2.05, 4.69) is 10.5 Å². The summed E-state index contributed by atoms with van der Waals surface area (Å²) in [5, 5.41) is 19.1. The van der Waals surface area contributed by atoms with Crippen molar-refractivity contribution in [2.45, 2.75) is 72.1 Å². The van der Waals surface area contributed by atoms with Gasteiger partial charge in [-0.3, -0.25) is 4.57 Å². The fourth-order valence-corrected chi connectivity index (χ4v) is 3.65. The fraction of sp³-hybridized carbons (Fsp3) is 0.737. The molecule has 164 valence electrons. The van der Waals surface area contributed by atoms with Crippen molar-refractivity contribution in [3.63, 3.8) is 0 Å². The molecule has 0 aromatic carbocycles. The van der Waals surface area contributed by atoms with Gasteiger partial charge in [-0.05, 0) is 32.6 Å². The maximum absolute atomic E-state index is 14.8. The first-order chi connectivity index (χ1) is 13.2. The second-order valence-corrected chi connectivity index (χ2v) is 9.42. The minimum absolute atomic E-state index is 0.0380. The Balaban J connectivity index is 2.11. The number of ether oxygens (including phenoxy) is 1. The van der Waals surface area contributed by atoms with Gasteiger partial charge >= 0.3 is 11.7 Å². The lowest BCUT2D eigenvalue weighted by molar-refractivity contribution is -0.152. The zero-order chi connectivity index (χ0) is 22.2. The van der Waals surface area contributed by atoms with E-state index < -0.39 is 47.8 Å². The highest BCUT2D eigenvalue weighted by Gasteiger charge is 2.55. The third-order valence-electron chi connectivity index (χ3n) is 4.75. The molecule has 0 saturated carbocycles. The number of anilines is 1. The number of aliphatic hydroxyl groups excluding tert-OH is 2. The van der Waals surface area contributed by atoms with Crippen LogP contribution >= 0.6 is 0 Å². The van der Waals surface area contributed by atoms with Gasteiger partial charge in [-0.15, -0.1) is 0 Å². The minimum atomic E-state index is -2.31. The number of carbonyl (C=O) groups excluding carboxylic acids is 1. The van der Waals surface area contributed by atoms with Gasteiger partial charge in [0.05, 0.1) is 12.0 Å². The third kappa shape index (κ3) is 5.12. The first-order valence-corrected chi connectivity index (χ1v) is 9.39. The summed E-state index contributed by atoms with van der Waals surface area (Å²) in [5.74, 6) is -0.549. The molecule has 9 nitrogen and oxygen atoms in total. The molecular weight excluding hydrogens is 385 g/mol. The van der Waals surface area contributed by atoms with E-state index in [4.69, 9.17) is 9.57 Å². The number of hydrogen-bond donors (Lipinski definition) is 3. The highest BCUT2D eigenvalue weighted by molar-refractivity contribution is 5.76. The summed E-state index contributed by atoms with van der Waals surface area (Å²) >= 11 is 0. The molecule has 0 bridgehead atoms. The van der Waals surface area contributed by atoms with E-state index in [9.17, 15) is 24.2 Å². The number of rotatable bonds is 6. The van der Waals surface area contributed by atoms with Gasteiger partial charge in [0.25, 0.3) is 0 Å². The zero-order valence-corrected chi connectivity index (χ0v) is 17.6. The van der Waals surface area contributed by atoms with Crippen LogP contribution in [0.5, 0.6) is 0 Å². The lowest BCUT2D eigenvalue weighted by Crippen LogP contribution is -2.42. The van der Waals surface area contributed by atoms with Crippen molar-refractivity contribution < 1.29 is 29.0 Å². The smallest absolute Gasteiger partial charge is 0.351 e. The van der Waals surface area contributed by atoms with E-state index in [1.165, 1.54) is 12.3 Å². The SMILES string of the molecule is CC(C)(C)CC(C)(C)C(=O)ONc1ccn([C@@H]2O[C@H](CO)C(O)C2(C)F)c(=O)n1. The molecule has 1 aliphatic rings. The number of aromatic nitrogens is 2. The van der Waals surface area contributed by atoms with Gasteiger partial charge in [-0.1, -0.05) is 20.8 Å². The molecular formula is C19H30FN3O6. The third-order valence-corrected chi connectivity index (χ3v) is 4.75. The van der Waals surface area contributed by atoms with Crippen molar-refractivity contribution in [1.82, 2.24) is 9.55 Å². The zero-order valence-electron chi connectivity index (χ0n) is 17.6. The Morgan fingerprint density at radius 1 is 1.41 bits per heavy atom. The van der Waals surface area contributed by atoms with Gasteiger partial charge in [-0.2, -0.15) is 4.98 Å². The van der Waals surface area contributed by atoms with E-state index >= 15 is 0 Å². The number of alkyl halides is 1. The lowest BCUT2D eigenvalue weighted by atomic mass is 9.76. The van der Waals surface area contributed by atoms with Gasteiger partial charge in [0.15, 0.2) is 17.7 Å². The Labute approximate surface area is 168 Å². The van der Waals surface area contributed by atoms with Crippen molar-refractivity contribution >= 4 is 11.8 Å². The number of nitrogens with one attached hydrogen (secondary N) is 1. The van der Waals surface area contributed by atoms with E-state index in [0.717, 1.165) is 11.5 Å². The number of hydrogen-bond acceptors (Lipinski definition) is 8. The van der Waals surface area contributed by atoms with Crippen LogP contribution < -0.4 is 11.2 Å². The predicted octanol–water partition coefficient (Wildman–Crippen LogP) is 1.55. The van der Waals surface area contributed by atoms with Crippen molar-refractivity contribution in [3.05, 3.63) is 22.7 Å². The summed E-state index contributed by atoms with van der Waals surface area (Å²) in [4.78, 5) is 33.5. The molecule has 10 heteroatoms. The fourth-order valence-electron chi connectivity index (χ4n) is 3.65. The Hall–Kier alpha value is -2.04. The van der Waals surface area contributed by atoms with Crippen molar-refractivity contribution in [3.8, 4) is 0 Å². The molecule has 1 aromatic rings. The highest BCUT2D eigenvalue weighted by Crippen LogP contribution is 2.40. The van der Waals surface area contributed by atoms with Gasteiger partial charge in [0.2, 0.25) is 0 Å². The molecule has 29 heavy (non-hydrogen) atoms. The van der Waals surface area contributed by atoms with Crippen LogP contribution in [0.1, 0.15) is 54.2 Å². The predicted molar refractivity (Wildman–Crippen MR) is 103 cm³/mol. The monoisotopic (exact) mass is 415 g/mol. The molecule has 0 amide bonds. The molecule has 1 fully saturated rings. The summed E-state index contributed by atoms with van der Waals surface area (Å²) < 4.78 is 21.0. The molecule has 2 heterocycles. The molecule has 2 unspecified atom stereocenters. The Kier molecular flexibility index (Phi) is 6.41. The topological polar surface area (TPSA) is 123 Å². The average molecular weight is 415 g/mol. The quantitative estimate of drug-likeness (QED) is 0.598. The Morgan fingerprint density at radius 3 is 2.52 bits per heavy atom. The average Bonchev–Trinajstić information content (AvgIpc) is 2.80. The van der Waals surface area contributed by atoms with Crippen LogP contribution in [0.2, 0.25) is 0 Å². The first-order valence-electron chi connectivity index (χ1n) is 9.39. The molecule has 1 saturated heterocycles. The number of carbonyl (C=O) groups is 1. The van der Waals surface area contributed by atoms with Crippen LogP contribution in [0.3, 0.4) is 0 Å². The van der Waals surface area contributed by atoms with Gasteiger partial charge in [-0.25, -0.2) is 19.5 Å². The molecule has 0 spiro atoms. The summed E-state index contributed by atoms with van der Waals surface area (Å²) in [6, 6.07) is 1.31. The number of halogens is 1. The Bertz CT molecular complexity index is 802. The summed E-state index contributed by atoms with van der Waals surface area (Å²) in [6.07, 6.45) is -2.44. The van der Waals surface area contributed by atoms with Gasteiger partial charge < -0.3 is 19.8 Å². The minimum Gasteiger partial charge on any atom is -0.394 e. The van der Waals surface area contributed by atoms with E-state index in [1.54, 1.807) is 13.8 Å². The van der Waals surface area contributed by atoms with Crippen LogP contribution in [0.4, 0.5) is 10.2 Å². The molecule has 1 aliphatic heterocycles. The maximum Gasteiger partial charge on any atom is 0.351 e. The van der Waals surface area contributed by atoms with Gasteiger partial charge in [0, 0.05) is 12.3 Å². The van der Waals surface area contributed by atoms with Crippen LogP contribution in [-0.4, -0.2) is 50.2 Å². The van der Waals surface area contributed by atoms with Crippen LogP contribution in [0.25, 0.3) is 0 Å². The first kappa shape index (κ1) is 23.2.